The number of aromatic nitrogens is 5. The van der Waals surface area contributed by atoms with Gasteiger partial charge in [0.25, 0.3) is 5.56 Å². The maximum absolute atomic E-state index is 12.1. The summed E-state index contributed by atoms with van der Waals surface area (Å²) in [4.78, 5) is 41.9. The summed E-state index contributed by atoms with van der Waals surface area (Å²) < 4.78 is 1.22. The Hall–Kier alpha value is -3.14. The van der Waals surface area contributed by atoms with Gasteiger partial charge in [-0.15, -0.1) is 0 Å². The summed E-state index contributed by atoms with van der Waals surface area (Å²) in [6.07, 6.45) is 1.34. The number of thioether (sulfide) groups is 1. The van der Waals surface area contributed by atoms with Gasteiger partial charge in [-0.2, -0.15) is 5.10 Å². The molecule has 0 aliphatic heterocycles. The van der Waals surface area contributed by atoms with Gasteiger partial charge in [0, 0.05) is 6.07 Å². The molecule has 1 amide bonds. The van der Waals surface area contributed by atoms with Crippen molar-refractivity contribution in [1.29, 1.82) is 0 Å². The Bertz CT molecular complexity index is 949. The third-order valence-corrected chi connectivity index (χ3v) is 3.83. The van der Waals surface area contributed by atoms with Crippen LogP contribution in [0.2, 0.25) is 0 Å². The number of benzene rings is 1. The fraction of sp³-hybridized carbons (Fsp3) is 0.0714. The van der Waals surface area contributed by atoms with E-state index in [4.69, 9.17) is 0 Å². The second-order valence-corrected chi connectivity index (χ2v) is 5.59. The van der Waals surface area contributed by atoms with Gasteiger partial charge in [-0.3, -0.25) is 19.7 Å². The molecule has 2 heterocycles. The lowest BCUT2D eigenvalue weighted by molar-refractivity contribution is -0.113. The van der Waals surface area contributed by atoms with Gasteiger partial charge in [-0.25, -0.2) is 14.3 Å². The molecule has 0 radical (unpaired) electrons. The van der Waals surface area contributed by atoms with Crippen LogP contribution in [0.1, 0.15) is 0 Å². The van der Waals surface area contributed by atoms with E-state index in [1.807, 2.05) is 0 Å². The fourth-order valence-electron chi connectivity index (χ4n) is 2.00. The first-order valence-corrected chi connectivity index (χ1v) is 7.82. The number of nitrogens with one attached hydrogen (secondary N) is 3. The van der Waals surface area contributed by atoms with Gasteiger partial charge in [0.1, 0.15) is 12.1 Å². The molecular weight excluding hydrogens is 332 g/mol. The minimum atomic E-state index is -0.633. The van der Waals surface area contributed by atoms with Crippen molar-refractivity contribution >= 4 is 23.5 Å². The second-order valence-electron chi connectivity index (χ2n) is 4.62. The largest absolute Gasteiger partial charge is 0.334 e. The first-order valence-electron chi connectivity index (χ1n) is 6.83. The first-order chi connectivity index (χ1) is 11.6. The summed E-state index contributed by atoms with van der Waals surface area (Å²) in [6.45, 7) is 0. The van der Waals surface area contributed by atoms with Gasteiger partial charge in [0.15, 0.2) is 5.16 Å². The van der Waals surface area contributed by atoms with Crippen molar-refractivity contribution in [2.45, 2.75) is 5.16 Å². The van der Waals surface area contributed by atoms with Gasteiger partial charge in [-0.05, 0) is 12.1 Å². The SMILES string of the molecule is O=C(CSc1ncn[nH]1)Nc1cc(=O)[nH]c(=O)n1-c1ccccc1. The Morgan fingerprint density at radius 1 is 1.25 bits per heavy atom. The quantitative estimate of drug-likeness (QED) is 0.574. The van der Waals surface area contributed by atoms with Crippen LogP contribution in [0.15, 0.2) is 57.5 Å². The van der Waals surface area contributed by atoms with E-state index in [0.29, 0.717) is 10.8 Å². The number of carbonyl (C=O) groups excluding carboxylic acids is 1. The Morgan fingerprint density at radius 3 is 2.75 bits per heavy atom. The normalized spacial score (nSPS) is 10.5. The molecule has 0 aliphatic rings. The average Bonchev–Trinajstić information content (AvgIpc) is 3.07. The highest BCUT2D eigenvalue weighted by atomic mass is 32.2. The zero-order valence-electron chi connectivity index (χ0n) is 12.2. The Labute approximate surface area is 139 Å². The van der Waals surface area contributed by atoms with E-state index >= 15 is 0 Å². The Morgan fingerprint density at radius 2 is 2.04 bits per heavy atom. The van der Waals surface area contributed by atoms with E-state index in [1.54, 1.807) is 30.3 Å². The number of anilines is 1. The lowest BCUT2D eigenvalue weighted by Gasteiger charge is -2.12. The number of nitrogens with zero attached hydrogens (tertiary/aromatic N) is 3. The van der Waals surface area contributed by atoms with Crippen LogP contribution in [0.5, 0.6) is 0 Å². The fourth-order valence-corrected chi connectivity index (χ4v) is 2.58. The maximum atomic E-state index is 12.1. The average molecular weight is 344 g/mol. The topological polar surface area (TPSA) is 126 Å². The highest BCUT2D eigenvalue weighted by Gasteiger charge is 2.12. The molecule has 0 fully saturated rings. The molecule has 1 aromatic carbocycles. The monoisotopic (exact) mass is 344 g/mol. The van der Waals surface area contributed by atoms with E-state index in [0.717, 1.165) is 17.8 Å². The van der Waals surface area contributed by atoms with E-state index in [2.05, 4.69) is 25.5 Å². The molecule has 0 spiro atoms. The van der Waals surface area contributed by atoms with Crippen molar-refractivity contribution in [3.05, 3.63) is 63.6 Å². The number of rotatable bonds is 5. The number of hydrogen-bond acceptors (Lipinski definition) is 6. The molecule has 10 heteroatoms. The summed E-state index contributed by atoms with van der Waals surface area (Å²) in [5, 5.41) is 9.38. The molecule has 0 aliphatic carbocycles. The third-order valence-electron chi connectivity index (χ3n) is 2.96. The highest BCUT2D eigenvalue weighted by molar-refractivity contribution is 7.99. The minimum Gasteiger partial charge on any atom is -0.311 e. The minimum absolute atomic E-state index is 0.0466. The van der Waals surface area contributed by atoms with E-state index in [9.17, 15) is 14.4 Å². The van der Waals surface area contributed by atoms with Crippen molar-refractivity contribution in [3.8, 4) is 5.69 Å². The standard InChI is InChI=1S/C14H12N6O3S/c21-11-6-10(17-12(22)7-24-13-15-8-16-19-13)20(14(23)18-11)9-4-2-1-3-5-9/h1-6,8H,7H2,(H,17,22)(H,15,16,19)(H,18,21,23). The molecule has 2 aromatic heterocycles. The lowest BCUT2D eigenvalue weighted by atomic mass is 10.3. The van der Waals surface area contributed by atoms with Crippen LogP contribution in [0.25, 0.3) is 5.69 Å². The van der Waals surface area contributed by atoms with Crippen LogP contribution in [-0.4, -0.2) is 36.4 Å². The molecule has 9 nitrogen and oxygen atoms in total. The summed E-state index contributed by atoms with van der Waals surface area (Å²) in [5.74, 6) is -0.241. The van der Waals surface area contributed by atoms with Crippen LogP contribution >= 0.6 is 11.8 Å². The molecule has 0 bridgehead atoms. The first kappa shape index (κ1) is 15.7. The van der Waals surface area contributed by atoms with Crippen LogP contribution in [0, 0.1) is 0 Å². The van der Waals surface area contributed by atoms with E-state index in [-0.39, 0.29) is 17.5 Å². The smallest absolute Gasteiger partial charge is 0.311 e. The molecular formula is C14H12N6O3S. The van der Waals surface area contributed by atoms with Crippen molar-refractivity contribution in [3.63, 3.8) is 0 Å². The predicted octanol–water partition coefficient (Wildman–Crippen LogP) is 0.375. The number of hydrogen-bond donors (Lipinski definition) is 3. The van der Waals surface area contributed by atoms with Crippen LogP contribution < -0.4 is 16.6 Å². The summed E-state index contributed by atoms with van der Waals surface area (Å²) in [5.41, 5.74) is -0.700. The van der Waals surface area contributed by atoms with Gasteiger partial charge < -0.3 is 5.32 Å². The van der Waals surface area contributed by atoms with Crippen molar-refractivity contribution in [1.82, 2.24) is 24.7 Å². The van der Waals surface area contributed by atoms with Gasteiger partial charge in [0.05, 0.1) is 11.4 Å². The summed E-state index contributed by atoms with van der Waals surface area (Å²) >= 11 is 1.15. The number of H-pyrrole nitrogens is 2. The number of amides is 1. The zero-order valence-corrected chi connectivity index (χ0v) is 13.0. The van der Waals surface area contributed by atoms with Crippen LogP contribution in [-0.2, 0) is 4.79 Å². The molecule has 0 saturated carbocycles. The van der Waals surface area contributed by atoms with Gasteiger partial charge in [-0.1, -0.05) is 30.0 Å². The Kier molecular flexibility index (Phi) is 4.57. The molecule has 3 N–H and O–H groups in total. The van der Waals surface area contributed by atoms with Crippen molar-refractivity contribution in [2.75, 3.05) is 11.1 Å². The molecule has 0 unspecified atom stereocenters. The molecule has 122 valence electrons. The third kappa shape index (κ3) is 3.60. The predicted molar refractivity (Wildman–Crippen MR) is 88.4 cm³/mol. The Balaban J connectivity index is 1.86. The molecule has 3 rings (SSSR count). The van der Waals surface area contributed by atoms with Crippen LogP contribution in [0.3, 0.4) is 0 Å². The molecule has 0 saturated heterocycles. The number of para-hydroxylation sites is 1. The van der Waals surface area contributed by atoms with Crippen molar-refractivity contribution in [2.24, 2.45) is 0 Å². The highest BCUT2D eigenvalue weighted by Crippen LogP contribution is 2.13. The second kappa shape index (κ2) is 6.96. The van der Waals surface area contributed by atoms with E-state index in [1.165, 1.54) is 10.9 Å². The van der Waals surface area contributed by atoms with Gasteiger partial charge in [0.2, 0.25) is 5.91 Å². The maximum Gasteiger partial charge on any atom is 0.334 e. The molecule has 0 atom stereocenters. The van der Waals surface area contributed by atoms with Crippen LogP contribution in [0.4, 0.5) is 5.82 Å². The lowest BCUT2D eigenvalue weighted by Crippen LogP contribution is -2.32. The van der Waals surface area contributed by atoms with E-state index < -0.39 is 11.2 Å². The summed E-state index contributed by atoms with van der Waals surface area (Å²) in [7, 11) is 0. The molecule has 3 aromatic rings. The zero-order chi connectivity index (χ0) is 16.9. The number of aromatic amines is 2. The van der Waals surface area contributed by atoms with Gasteiger partial charge >= 0.3 is 5.69 Å². The number of carbonyl (C=O) groups is 1. The molecule has 24 heavy (non-hydrogen) atoms. The summed E-state index contributed by atoms with van der Waals surface area (Å²) in [6, 6.07) is 9.84. The van der Waals surface area contributed by atoms with Crippen molar-refractivity contribution < 1.29 is 4.79 Å².